The highest BCUT2D eigenvalue weighted by atomic mass is 32.2. The molecule has 5 N–H and O–H groups in total. The first-order valence-electron chi connectivity index (χ1n) is 15.6. The van der Waals surface area contributed by atoms with Gasteiger partial charge in [-0.15, -0.1) is 5.10 Å². The van der Waals surface area contributed by atoms with Crippen LogP contribution in [0.2, 0.25) is 0 Å². The van der Waals surface area contributed by atoms with Crippen LogP contribution in [0.3, 0.4) is 0 Å². The standard InChI is InChI=1S/C23H28F2N6O4S.C9H8O4/c1-2-7-36-23-27-21(26-15-9-12(15)11-3-4-13(24)14(25)8-11)18-22(28-23)31(30-29-18)16-10-17(35-6-5-32)20(34)19(16)33;1-6(10)13-8-5-3-2-4-7(8)9(11)12/h3-4,8,12,15-17,19-20,32-34H,2,5-7,9-10H2,1H3,(H,26,27,28);2-5H,1H3,(H,11,12)/t12-,15+,16+,17-,19-,20+;/m0./s1. The molecule has 17 heteroatoms. The number of hydrogen-bond donors (Lipinski definition) is 5. The molecule has 0 amide bonds. The number of halogens is 2. The second kappa shape index (κ2) is 15.9. The SMILES string of the molecule is CC(=O)Oc1ccccc1C(=O)O.CCCSc1nc(N[C@@H]2C[C@H]2c2ccc(F)c(F)c2)c2nnn([C@@H]3C[C@H](OCCO)[C@@H](O)[C@H]3O)c2n1. The number of rotatable bonds is 12. The number of nitrogens with one attached hydrogen (secondary N) is 1. The fourth-order valence-electron chi connectivity index (χ4n) is 5.50. The van der Waals surface area contributed by atoms with E-state index in [1.54, 1.807) is 18.2 Å². The van der Waals surface area contributed by atoms with Crippen molar-refractivity contribution in [2.24, 2.45) is 0 Å². The molecule has 2 aliphatic carbocycles. The molecule has 4 aromatic rings. The highest BCUT2D eigenvalue weighted by molar-refractivity contribution is 7.99. The maximum Gasteiger partial charge on any atom is 0.339 e. The smallest absolute Gasteiger partial charge is 0.339 e. The number of hydrogen-bond acceptors (Lipinski definition) is 13. The molecule has 0 unspecified atom stereocenters. The van der Waals surface area contributed by atoms with Crippen LogP contribution in [0.25, 0.3) is 11.2 Å². The summed E-state index contributed by atoms with van der Waals surface area (Å²) in [5.41, 5.74) is 1.51. The number of aromatic carboxylic acids is 1. The summed E-state index contributed by atoms with van der Waals surface area (Å²) in [5, 5.41) is 51.2. The number of carboxylic acid groups (broad SMARTS) is 1. The van der Waals surface area contributed by atoms with E-state index in [9.17, 15) is 28.6 Å². The quantitative estimate of drug-likeness (QED) is 0.0623. The number of esters is 1. The monoisotopic (exact) mass is 702 g/mol. The number of aliphatic hydroxyl groups excluding tert-OH is 3. The minimum Gasteiger partial charge on any atom is -0.478 e. The minimum absolute atomic E-state index is 0.00291. The van der Waals surface area contributed by atoms with Gasteiger partial charge in [-0.3, -0.25) is 4.79 Å². The Morgan fingerprint density at radius 1 is 1.08 bits per heavy atom. The number of carbonyl (C=O) groups is 2. The topological polar surface area (TPSA) is 202 Å². The molecular weight excluding hydrogens is 666 g/mol. The highest BCUT2D eigenvalue weighted by Gasteiger charge is 2.45. The van der Waals surface area contributed by atoms with Gasteiger partial charge in [0, 0.05) is 31.1 Å². The number of fused-ring (bicyclic) bond motifs is 1. The fourth-order valence-corrected chi connectivity index (χ4v) is 6.19. The summed E-state index contributed by atoms with van der Waals surface area (Å²) in [7, 11) is 0. The molecule has 2 aliphatic rings. The van der Waals surface area contributed by atoms with Crippen molar-refractivity contribution < 1.29 is 48.3 Å². The Morgan fingerprint density at radius 2 is 1.86 bits per heavy atom. The molecule has 0 bridgehead atoms. The molecule has 6 atom stereocenters. The average Bonchev–Trinajstić information content (AvgIpc) is 3.62. The van der Waals surface area contributed by atoms with Crippen molar-refractivity contribution in [3.8, 4) is 5.75 Å². The van der Waals surface area contributed by atoms with Gasteiger partial charge in [0.05, 0.1) is 25.4 Å². The van der Waals surface area contributed by atoms with E-state index in [1.807, 2.05) is 0 Å². The lowest BCUT2D eigenvalue weighted by Crippen LogP contribution is -2.33. The highest BCUT2D eigenvalue weighted by Crippen LogP contribution is 2.44. The van der Waals surface area contributed by atoms with Gasteiger partial charge in [-0.25, -0.2) is 28.2 Å². The summed E-state index contributed by atoms with van der Waals surface area (Å²) in [6, 6.07) is 9.24. The molecule has 14 nitrogen and oxygen atoms in total. The van der Waals surface area contributed by atoms with Crippen LogP contribution >= 0.6 is 11.8 Å². The van der Waals surface area contributed by atoms with Crippen LogP contribution in [0, 0.1) is 11.6 Å². The van der Waals surface area contributed by atoms with Gasteiger partial charge in [-0.2, -0.15) is 0 Å². The summed E-state index contributed by atoms with van der Waals surface area (Å²) in [5.74, 6) is -2.05. The van der Waals surface area contributed by atoms with E-state index in [-0.39, 0.29) is 42.9 Å². The summed E-state index contributed by atoms with van der Waals surface area (Å²) in [4.78, 5) is 30.5. The Bertz CT molecular complexity index is 1800. The molecule has 49 heavy (non-hydrogen) atoms. The lowest BCUT2D eigenvalue weighted by Gasteiger charge is -2.17. The van der Waals surface area contributed by atoms with Gasteiger partial charge < -0.3 is 35.2 Å². The van der Waals surface area contributed by atoms with Crippen molar-refractivity contribution in [3.05, 3.63) is 65.2 Å². The molecule has 0 aliphatic heterocycles. The summed E-state index contributed by atoms with van der Waals surface area (Å²) >= 11 is 1.48. The molecule has 2 aromatic carbocycles. The zero-order valence-corrected chi connectivity index (χ0v) is 27.4. The number of benzene rings is 2. The van der Waals surface area contributed by atoms with Crippen LogP contribution in [0.15, 0.2) is 47.6 Å². The van der Waals surface area contributed by atoms with E-state index >= 15 is 0 Å². The van der Waals surface area contributed by atoms with Crippen molar-refractivity contribution in [3.63, 3.8) is 0 Å². The molecule has 2 saturated carbocycles. The van der Waals surface area contributed by atoms with Crippen molar-refractivity contribution in [2.75, 3.05) is 24.3 Å². The summed E-state index contributed by atoms with van der Waals surface area (Å²) in [6.07, 6.45) is -1.04. The number of thioether (sulfide) groups is 1. The molecule has 0 spiro atoms. The van der Waals surface area contributed by atoms with Crippen molar-refractivity contribution in [1.82, 2.24) is 25.0 Å². The Balaban J connectivity index is 0.000000304. The Hall–Kier alpha value is -4.29. The van der Waals surface area contributed by atoms with E-state index in [0.717, 1.165) is 24.7 Å². The van der Waals surface area contributed by atoms with E-state index < -0.39 is 47.9 Å². The van der Waals surface area contributed by atoms with Crippen molar-refractivity contribution >= 4 is 40.7 Å². The maximum atomic E-state index is 13.7. The first-order valence-corrected chi connectivity index (χ1v) is 16.6. The Morgan fingerprint density at radius 3 is 2.55 bits per heavy atom. The van der Waals surface area contributed by atoms with Crippen molar-refractivity contribution in [2.45, 2.75) is 74.6 Å². The third-order valence-corrected chi connectivity index (χ3v) is 8.98. The van der Waals surface area contributed by atoms with Gasteiger partial charge in [0.25, 0.3) is 0 Å². The number of aliphatic hydroxyl groups is 3. The van der Waals surface area contributed by atoms with Crippen LogP contribution < -0.4 is 10.1 Å². The second-order valence-corrected chi connectivity index (χ2v) is 12.6. The predicted octanol–water partition coefficient (Wildman–Crippen LogP) is 3.32. The Kier molecular flexibility index (Phi) is 11.7. The molecule has 2 fully saturated rings. The molecule has 2 heterocycles. The molecule has 0 radical (unpaired) electrons. The number of anilines is 1. The van der Waals surface area contributed by atoms with Crippen LogP contribution in [-0.4, -0.2) is 101 Å². The number of para-hydroxylation sites is 1. The Labute approximate surface area is 283 Å². The number of carbonyl (C=O) groups excluding carboxylic acids is 1. The lowest BCUT2D eigenvalue weighted by molar-refractivity contribution is -0.131. The molecular formula is C32H36F2N6O8S. The zero-order chi connectivity index (χ0) is 35.2. The number of nitrogens with zero attached hydrogens (tertiary/aromatic N) is 5. The number of aromatic nitrogens is 5. The second-order valence-electron chi connectivity index (χ2n) is 11.5. The van der Waals surface area contributed by atoms with Crippen LogP contribution in [0.4, 0.5) is 14.6 Å². The third kappa shape index (κ3) is 8.48. The van der Waals surface area contributed by atoms with Crippen LogP contribution in [0.5, 0.6) is 5.75 Å². The third-order valence-electron chi connectivity index (χ3n) is 7.93. The predicted molar refractivity (Wildman–Crippen MR) is 172 cm³/mol. The number of carboxylic acids is 1. The van der Waals surface area contributed by atoms with Gasteiger partial charge >= 0.3 is 11.9 Å². The van der Waals surface area contributed by atoms with Gasteiger partial charge in [-0.1, -0.05) is 42.1 Å². The zero-order valence-electron chi connectivity index (χ0n) is 26.6. The number of ether oxygens (including phenoxy) is 2. The molecule has 2 aromatic heterocycles. The summed E-state index contributed by atoms with van der Waals surface area (Å²) < 4.78 is 38.7. The summed E-state index contributed by atoms with van der Waals surface area (Å²) in [6.45, 7) is 3.13. The molecule has 262 valence electrons. The first-order chi connectivity index (χ1) is 23.5. The van der Waals surface area contributed by atoms with Gasteiger partial charge in [0.1, 0.15) is 23.5 Å². The molecule has 0 saturated heterocycles. The first kappa shape index (κ1) is 36.0. The lowest BCUT2D eigenvalue weighted by atomic mass is 10.1. The van der Waals surface area contributed by atoms with E-state index in [4.69, 9.17) is 14.9 Å². The van der Waals surface area contributed by atoms with Crippen LogP contribution in [0.1, 0.15) is 61.0 Å². The fraction of sp³-hybridized carbons (Fsp3) is 0.438. The maximum absolute atomic E-state index is 13.7. The van der Waals surface area contributed by atoms with Gasteiger partial charge in [0.2, 0.25) is 0 Å². The van der Waals surface area contributed by atoms with Gasteiger partial charge in [-0.05, 0) is 42.7 Å². The van der Waals surface area contributed by atoms with Crippen molar-refractivity contribution in [1.29, 1.82) is 0 Å². The largest absolute Gasteiger partial charge is 0.478 e. The minimum atomic E-state index is -1.15. The normalized spacial score (nSPS) is 22.8. The van der Waals surface area contributed by atoms with Crippen LogP contribution in [-0.2, 0) is 9.53 Å². The average molecular weight is 703 g/mol. The van der Waals surface area contributed by atoms with Gasteiger partial charge in [0.15, 0.2) is 33.8 Å². The molecule has 6 rings (SSSR count). The van der Waals surface area contributed by atoms with E-state index in [1.165, 1.54) is 41.6 Å². The van der Waals surface area contributed by atoms with E-state index in [0.29, 0.717) is 27.7 Å². The van der Waals surface area contributed by atoms with E-state index in [2.05, 4.69) is 37.3 Å².